The largest absolute Gasteiger partial charge is 0.375 e. The van der Waals surface area contributed by atoms with Crippen molar-refractivity contribution in [3.05, 3.63) is 60.2 Å². The van der Waals surface area contributed by atoms with Gasteiger partial charge in [-0.2, -0.15) is 0 Å². The van der Waals surface area contributed by atoms with Crippen LogP contribution in [0.1, 0.15) is 12.0 Å². The van der Waals surface area contributed by atoms with E-state index in [4.69, 9.17) is 6.42 Å². The first kappa shape index (κ1) is 16.4. The fraction of sp³-hybridized carbons (Fsp3) is 0.211. The van der Waals surface area contributed by atoms with Gasteiger partial charge in [0.2, 0.25) is 0 Å². The Labute approximate surface area is 137 Å². The molecule has 0 unspecified atom stereocenters. The van der Waals surface area contributed by atoms with E-state index in [1.165, 1.54) is 5.69 Å². The Balaban J connectivity index is 1.70. The lowest BCUT2D eigenvalue weighted by molar-refractivity contribution is 0.252. The summed E-state index contributed by atoms with van der Waals surface area (Å²) in [5.41, 5.74) is 2.61. The number of benzene rings is 2. The van der Waals surface area contributed by atoms with Gasteiger partial charge in [0.1, 0.15) is 0 Å². The molecule has 0 radical (unpaired) electrons. The smallest absolute Gasteiger partial charge is 0.319 e. The third-order valence-electron chi connectivity index (χ3n) is 3.44. The number of anilines is 2. The van der Waals surface area contributed by atoms with E-state index in [9.17, 15) is 4.79 Å². The van der Waals surface area contributed by atoms with Gasteiger partial charge < -0.3 is 15.5 Å². The molecule has 0 aliphatic carbocycles. The Kier molecular flexibility index (Phi) is 6.07. The predicted octanol–water partition coefficient (Wildman–Crippen LogP) is 3.32. The average molecular weight is 307 g/mol. The Morgan fingerprint density at radius 2 is 1.96 bits per heavy atom. The van der Waals surface area contributed by atoms with Crippen LogP contribution in [0.5, 0.6) is 0 Å². The van der Waals surface area contributed by atoms with Crippen LogP contribution in [0.15, 0.2) is 54.6 Å². The quantitative estimate of drug-likeness (QED) is 0.635. The average Bonchev–Trinajstić information content (AvgIpc) is 2.59. The van der Waals surface area contributed by atoms with Gasteiger partial charge in [0.15, 0.2) is 0 Å². The summed E-state index contributed by atoms with van der Waals surface area (Å²) in [5.74, 6) is 2.54. The molecule has 4 heteroatoms. The van der Waals surface area contributed by atoms with Crippen molar-refractivity contribution in [2.75, 3.05) is 30.4 Å². The van der Waals surface area contributed by atoms with E-state index in [0.29, 0.717) is 12.2 Å². The molecule has 118 valence electrons. The molecule has 23 heavy (non-hydrogen) atoms. The van der Waals surface area contributed by atoms with E-state index >= 15 is 0 Å². The number of amides is 2. The molecule has 0 aromatic heterocycles. The van der Waals surface area contributed by atoms with Crippen molar-refractivity contribution in [2.24, 2.45) is 0 Å². The summed E-state index contributed by atoms with van der Waals surface area (Å²) in [6.07, 6.45) is 6.21. The first-order valence-corrected chi connectivity index (χ1v) is 7.57. The lowest BCUT2D eigenvalue weighted by Crippen LogP contribution is -2.31. The van der Waals surface area contributed by atoms with Gasteiger partial charge in [0, 0.05) is 37.1 Å². The fourth-order valence-electron chi connectivity index (χ4n) is 2.19. The van der Waals surface area contributed by atoms with E-state index in [1.54, 1.807) is 6.07 Å². The molecule has 2 amide bonds. The summed E-state index contributed by atoms with van der Waals surface area (Å²) in [6, 6.07) is 17.2. The van der Waals surface area contributed by atoms with Crippen LogP contribution in [-0.4, -0.2) is 26.2 Å². The summed E-state index contributed by atoms with van der Waals surface area (Å²) in [7, 11) is 2.04. The number of nitrogens with one attached hydrogen (secondary N) is 2. The molecular formula is C19H21N3O. The van der Waals surface area contributed by atoms with Crippen molar-refractivity contribution < 1.29 is 4.79 Å². The summed E-state index contributed by atoms with van der Waals surface area (Å²) in [6.45, 7) is 1.48. The number of hydrogen-bond acceptors (Lipinski definition) is 2. The van der Waals surface area contributed by atoms with Crippen molar-refractivity contribution in [3.8, 4) is 12.3 Å². The van der Waals surface area contributed by atoms with E-state index in [-0.39, 0.29) is 6.03 Å². The van der Waals surface area contributed by atoms with Gasteiger partial charge >= 0.3 is 6.03 Å². The highest BCUT2D eigenvalue weighted by atomic mass is 16.2. The third kappa shape index (κ3) is 5.40. The van der Waals surface area contributed by atoms with Crippen LogP contribution in [0.2, 0.25) is 0 Å². The number of nitrogens with zero attached hydrogens (tertiary/aromatic N) is 1. The van der Waals surface area contributed by atoms with E-state index in [0.717, 1.165) is 18.5 Å². The van der Waals surface area contributed by atoms with Gasteiger partial charge in [0.25, 0.3) is 0 Å². The zero-order valence-electron chi connectivity index (χ0n) is 13.3. The van der Waals surface area contributed by atoms with E-state index < -0.39 is 0 Å². The molecule has 0 bridgehead atoms. The number of para-hydroxylation sites is 1. The number of carbonyl (C=O) groups excluding carboxylic acids is 1. The van der Waals surface area contributed by atoms with Crippen LogP contribution in [0, 0.1) is 12.3 Å². The maximum atomic E-state index is 11.8. The Morgan fingerprint density at radius 1 is 1.17 bits per heavy atom. The lowest BCUT2D eigenvalue weighted by atomic mass is 10.2. The zero-order chi connectivity index (χ0) is 16.5. The summed E-state index contributed by atoms with van der Waals surface area (Å²) in [5, 5.41) is 5.62. The SMILES string of the molecule is C#Cc1cccc(NC(=O)NCCCN(C)c2ccccc2)c1. The van der Waals surface area contributed by atoms with Crippen LogP contribution in [0.4, 0.5) is 16.2 Å². The molecule has 0 aliphatic heterocycles. The van der Waals surface area contributed by atoms with Crippen molar-refractivity contribution in [1.82, 2.24) is 5.32 Å². The monoisotopic (exact) mass is 307 g/mol. The topological polar surface area (TPSA) is 44.4 Å². The second kappa shape index (κ2) is 8.50. The minimum Gasteiger partial charge on any atom is -0.375 e. The van der Waals surface area contributed by atoms with Crippen molar-refractivity contribution >= 4 is 17.4 Å². The highest BCUT2D eigenvalue weighted by Crippen LogP contribution is 2.11. The molecule has 0 saturated carbocycles. The molecule has 2 rings (SSSR count). The molecule has 2 aromatic carbocycles. The minimum atomic E-state index is -0.221. The number of rotatable bonds is 6. The van der Waals surface area contributed by atoms with Crippen LogP contribution in [0.3, 0.4) is 0 Å². The Bertz CT molecular complexity index is 677. The lowest BCUT2D eigenvalue weighted by Gasteiger charge is -2.19. The van der Waals surface area contributed by atoms with Gasteiger partial charge in [-0.25, -0.2) is 4.79 Å². The molecule has 0 atom stereocenters. The maximum Gasteiger partial charge on any atom is 0.319 e. The van der Waals surface area contributed by atoms with Crippen LogP contribution < -0.4 is 15.5 Å². The highest BCUT2D eigenvalue weighted by Gasteiger charge is 2.03. The van der Waals surface area contributed by atoms with Crippen molar-refractivity contribution in [3.63, 3.8) is 0 Å². The van der Waals surface area contributed by atoms with E-state index in [2.05, 4.69) is 33.6 Å². The Morgan fingerprint density at radius 3 is 2.70 bits per heavy atom. The van der Waals surface area contributed by atoms with E-state index in [1.807, 2.05) is 43.4 Å². The second-order valence-electron chi connectivity index (χ2n) is 5.22. The third-order valence-corrected chi connectivity index (χ3v) is 3.44. The van der Waals surface area contributed by atoms with Crippen LogP contribution in [0.25, 0.3) is 0 Å². The molecule has 0 heterocycles. The zero-order valence-corrected chi connectivity index (χ0v) is 13.3. The first-order valence-electron chi connectivity index (χ1n) is 7.57. The molecule has 0 spiro atoms. The molecule has 0 saturated heterocycles. The number of hydrogen-bond donors (Lipinski definition) is 2. The summed E-state index contributed by atoms with van der Waals surface area (Å²) in [4.78, 5) is 14.0. The van der Waals surface area contributed by atoms with Gasteiger partial charge in [-0.3, -0.25) is 0 Å². The molecule has 4 nitrogen and oxygen atoms in total. The van der Waals surface area contributed by atoms with Crippen molar-refractivity contribution in [1.29, 1.82) is 0 Å². The van der Waals surface area contributed by atoms with Gasteiger partial charge in [-0.1, -0.05) is 30.2 Å². The minimum absolute atomic E-state index is 0.221. The molecule has 2 N–H and O–H groups in total. The second-order valence-corrected chi connectivity index (χ2v) is 5.22. The molecule has 2 aromatic rings. The van der Waals surface area contributed by atoms with Crippen LogP contribution in [-0.2, 0) is 0 Å². The first-order chi connectivity index (χ1) is 11.2. The maximum absolute atomic E-state index is 11.8. The fourth-order valence-corrected chi connectivity index (χ4v) is 2.19. The number of carbonyl (C=O) groups is 1. The van der Waals surface area contributed by atoms with Crippen LogP contribution >= 0.6 is 0 Å². The predicted molar refractivity (Wildman–Crippen MR) is 95.7 cm³/mol. The molecule has 0 fully saturated rings. The highest BCUT2D eigenvalue weighted by molar-refractivity contribution is 5.89. The molecular weight excluding hydrogens is 286 g/mol. The number of urea groups is 1. The summed E-state index contributed by atoms with van der Waals surface area (Å²) < 4.78 is 0. The Hall–Kier alpha value is -2.93. The number of terminal acetylenes is 1. The van der Waals surface area contributed by atoms with Gasteiger partial charge in [-0.05, 0) is 36.8 Å². The van der Waals surface area contributed by atoms with Crippen molar-refractivity contribution in [2.45, 2.75) is 6.42 Å². The summed E-state index contributed by atoms with van der Waals surface area (Å²) >= 11 is 0. The van der Waals surface area contributed by atoms with Gasteiger partial charge in [-0.15, -0.1) is 6.42 Å². The standard InChI is InChI=1S/C19H21N3O/c1-3-16-9-7-10-17(15-16)21-19(23)20-13-8-14-22(2)18-11-5-4-6-12-18/h1,4-7,9-12,15H,8,13-14H2,2H3,(H2,20,21,23). The molecule has 0 aliphatic rings. The normalized spacial score (nSPS) is 9.74. The van der Waals surface area contributed by atoms with Gasteiger partial charge in [0.05, 0.1) is 0 Å².